The Morgan fingerprint density at radius 2 is 1.83 bits per heavy atom. The molecule has 1 saturated heterocycles. The first-order chi connectivity index (χ1) is 5.79. The Kier molecular flexibility index (Phi) is 2.40. The molecule has 0 N–H and O–H groups in total. The maximum Gasteiger partial charge on any atom is 0.0127 e. The molecule has 1 nitrogen and oxygen atoms in total. The van der Waals surface area contributed by atoms with Gasteiger partial charge in [0.25, 0.3) is 0 Å². The van der Waals surface area contributed by atoms with Crippen molar-refractivity contribution in [2.45, 2.75) is 58.0 Å². The lowest BCUT2D eigenvalue weighted by Gasteiger charge is -2.34. The Morgan fingerprint density at radius 3 is 2.58 bits per heavy atom. The second-order valence-corrected chi connectivity index (χ2v) is 4.73. The van der Waals surface area contributed by atoms with Gasteiger partial charge in [-0.3, -0.25) is 4.90 Å². The highest BCUT2D eigenvalue weighted by Crippen LogP contribution is 2.36. The molecule has 1 saturated carbocycles. The second kappa shape index (κ2) is 3.37. The van der Waals surface area contributed by atoms with Crippen molar-refractivity contribution in [2.75, 3.05) is 6.54 Å². The second-order valence-electron chi connectivity index (χ2n) is 4.73. The van der Waals surface area contributed by atoms with Crippen molar-refractivity contribution in [1.29, 1.82) is 0 Å². The Hall–Kier alpha value is -0.0400. The van der Waals surface area contributed by atoms with Crippen molar-refractivity contribution in [1.82, 2.24) is 4.90 Å². The highest BCUT2D eigenvalue weighted by Gasteiger charge is 2.36. The molecule has 2 atom stereocenters. The molecule has 2 unspecified atom stereocenters. The quantitative estimate of drug-likeness (QED) is 0.580. The standard InChI is InChI=1S/C11H21N/c1-9(2)12-8-7-10-5-3-4-6-11(10)12/h9-11H,3-8H2,1-2H3. The van der Waals surface area contributed by atoms with Crippen molar-refractivity contribution in [3.8, 4) is 0 Å². The van der Waals surface area contributed by atoms with E-state index in [4.69, 9.17) is 0 Å². The van der Waals surface area contributed by atoms with E-state index >= 15 is 0 Å². The normalized spacial score (nSPS) is 37.2. The van der Waals surface area contributed by atoms with Crippen molar-refractivity contribution >= 4 is 0 Å². The van der Waals surface area contributed by atoms with Crippen LogP contribution in [0.4, 0.5) is 0 Å². The molecule has 0 spiro atoms. The first-order valence-corrected chi connectivity index (χ1v) is 5.55. The van der Waals surface area contributed by atoms with Crippen LogP contribution in [-0.2, 0) is 0 Å². The fourth-order valence-electron chi connectivity index (χ4n) is 3.08. The molecule has 2 fully saturated rings. The van der Waals surface area contributed by atoms with Gasteiger partial charge in [-0.25, -0.2) is 0 Å². The van der Waals surface area contributed by atoms with Crippen LogP contribution in [0.15, 0.2) is 0 Å². The van der Waals surface area contributed by atoms with Gasteiger partial charge in [-0.1, -0.05) is 12.8 Å². The summed E-state index contributed by atoms with van der Waals surface area (Å²) in [5.41, 5.74) is 0. The van der Waals surface area contributed by atoms with Gasteiger partial charge < -0.3 is 0 Å². The number of rotatable bonds is 1. The number of hydrogen-bond donors (Lipinski definition) is 0. The minimum absolute atomic E-state index is 0.776. The molecule has 12 heavy (non-hydrogen) atoms. The van der Waals surface area contributed by atoms with Gasteiger partial charge in [-0.2, -0.15) is 0 Å². The lowest BCUT2D eigenvalue weighted by Crippen LogP contribution is -2.39. The molecular weight excluding hydrogens is 146 g/mol. The van der Waals surface area contributed by atoms with E-state index in [1.54, 1.807) is 0 Å². The average Bonchev–Trinajstić information content (AvgIpc) is 2.47. The zero-order valence-corrected chi connectivity index (χ0v) is 8.42. The maximum atomic E-state index is 2.73. The van der Waals surface area contributed by atoms with Crippen LogP contribution < -0.4 is 0 Å². The van der Waals surface area contributed by atoms with E-state index < -0.39 is 0 Å². The van der Waals surface area contributed by atoms with Crippen molar-refractivity contribution in [3.63, 3.8) is 0 Å². The van der Waals surface area contributed by atoms with Crippen LogP contribution in [-0.4, -0.2) is 23.5 Å². The van der Waals surface area contributed by atoms with Gasteiger partial charge in [-0.15, -0.1) is 0 Å². The summed E-state index contributed by atoms with van der Waals surface area (Å²) in [7, 11) is 0. The molecule has 1 aliphatic carbocycles. The topological polar surface area (TPSA) is 3.24 Å². The zero-order valence-electron chi connectivity index (χ0n) is 8.42. The molecule has 0 aromatic rings. The van der Waals surface area contributed by atoms with Crippen LogP contribution in [0.2, 0.25) is 0 Å². The predicted octanol–water partition coefficient (Wildman–Crippen LogP) is 2.66. The lowest BCUT2D eigenvalue weighted by molar-refractivity contribution is 0.149. The summed E-state index contributed by atoms with van der Waals surface area (Å²) in [6, 6.07) is 1.73. The largest absolute Gasteiger partial charge is 0.298 e. The smallest absolute Gasteiger partial charge is 0.0127 e. The van der Waals surface area contributed by atoms with Crippen molar-refractivity contribution in [3.05, 3.63) is 0 Å². The predicted molar refractivity (Wildman–Crippen MR) is 52.2 cm³/mol. The third kappa shape index (κ3) is 1.39. The Labute approximate surface area is 76.1 Å². The maximum absolute atomic E-state index is 2.73. The van der Waals surface area contributed by atoms with Crippen molar-refractivity contribution < 1.29 is 0 Å². The fourth-order valence-corrected chi connectivity index (χ4v) is 3.08. The molecule has 0 aromatic carbocycles. The van der Waals surface area contributed by atoms with E-state index in [1.165, 1.54) is 38.6 Å². The fraction of sp³-hybridized carbons (Fsp3) is 1.00. The monoisotopic (exact) mass is 167 g/mol. The third-order valence-corrected chi connectivity index (χ3v) is 3.72. The van der Waals surface area contributed by atoms with Crippen LogP contribution in [0, 0.1) is 5.92 Å². The molecule has 0 radical (unpaired) electrons. The number of likely N-dealkylation sites (tertiary alicyclic amines) is 1. The van der Waals surface area contributed by atoms with Crippen LogP contribution in [0.1, 0.15) is 46.0 Å². The van der Waals surface area contributed by atoms with Gasteiger partial charge in [0.1, 0.15) is 0 Å². The zero-order chi connectivity index (χ0) is 8.55. The van der Waals surface area contributed by atoms with E-state index in [0.717, 1.165) is 18.0 Å². The molecular formula is C11H21N. The van der Waals surface area contributed by atoms with Gasteiger partial charge in [0.15, 0.2) is 0 Å². The first kappa shape index (κ1) is 8.55. The summed E-state index contributed by atoms with van der Waals surface area (Å²) in [5, 5.41) is 0. The Balaban J connectivity index is 2.01. The van der Waals surface area contributed by atoms with E-state index in [9.17, 15) is 0 Å². The minimum atomic E-state index is 0.776. The Bertz CT molecular complexity index is 153. The van der Waals surface area contributed by atoms with Crippen LogP contribution in [0.25, 0.3) is 0 Å². The average molecular weight is 167 g/mol. The summed E-state index contributed by atoms with van der Waals surface area (Å²) in [6.07, 6.45) is 7.43. The van der Waals surface area contributed by atoms with Crippen LogP contribution in [0.5, 0.6) is 0 Å². The summed E-state index contributed by atoms with van der Waals surface area (Å²) >= 11 is 0. The van der Waals surface area contributed by atoms with E-state index in [2.05, 4.69) is 18.7 Å². The van der Waals surface area contributed by atoms with E-state index in [0.29, 0.717) is 0 Å². The van der Waals surface area contributed by atoms with Crippen LogP contribution in [0.3, 0.4) is 0 Å². The highest BCUT2D eigenvalue weighted by atomic mass is 15.2. The molecule has 0 bridgehead atoms. The molecule has 2 aliphatic rings. The minimum Gasteiger partial charge on any atom is -0.298 e. The molecule has 1 heterocycles. The summed E-state index contributed by atoms with van der Waals surface area (Å²) in [5.74, 6) is 1.06. The van der Waals surface area contributed by atoms with Crippen molar-refractivity contribution in [2.24, 2.45) is 5.92 Å². The summed E-state index contributed by atoms with van der Waals surface area (Å²) in [6.45, 7) is 6.06. The molecule has 70 valence electrons. The molecule has 0 amide bonds. The number of hydrogen-bond acceptors (Lipinski definition) is 1. The molecule has 2 rings (SSSR count). The molecule has 1 aliphatic heterocycles. The van der Waals surface area contributed by atoms with Gasteiger partial charge >= 0.3 is 0 Å². The Morgan fingerprint density at radius 1 is 1.08 bits per heavy atom. The lowest BCUT2D eigenvalue weighted by atomic mass is 9.85. The van der Waals surface area contributed by atoms with Gasteiger partial charge in [-0.05, 0) is 45.6 Å². The van der Waals surface area contributed by atoms with E-state index in [-0.39, 0.29) is 0 Å². The van der Waals surface area contributed by atoms with Gasteiger partial charge in [0, 0.05) is 12.1 Å². The SMILES string of the molecule is CC(C)N1CCC2CCCCC21. The first-order valence-electron chi connectivity index (χ1n) is 5.55. The summed E-state index contributed by atoms with van der Waals surface area (Å²) in [4.78, 5) is 2.73. The van der Waals surface area contributed by atoms with Crippen LogP contribution >= 0.6 is 0 Å². The third-order valence-electron chi connectivity index (χ3n) is 3.72. The number of nitrogens with zero attached hydrogens (tertiary/aromatic N) is 1. The van der Waals surface area contributed by atoms with Gasteiger partial charge in [0.2, 0.25) is 0 Å². The summed E-state index contributed by atoms with van der Waals surface area (Å²) < 4.78 is 0. The highest BCUT2D eigenvalue weighted by molar-refractivity contribution is 4.90. The number of fused-ring (bicyclic) bond motifs is 1. The van der Waals surface area contributed by atoms with E-state index in [1.807, 2.05) is 0 Å². The molecule has 0 aromatic heterocycles. The van der Waals surface area contributed by atoms with Gasteiger partial charge in [0.05, 0.1) is 0 Å². The molecule has 1 heteroatoms.